The number of piperazine rings is 1. The average molecular weight is 255 g/mol. The molecule has 0 aromatic carbocycles. The SMILES string of the molecule is CN(C)CCN1CCN([C@@H]2CCCC[C@H]2O)CC1. The van der Waals surface area contributed by atoms with Crippen LogP contribution in [0.4, 0.5) is 0 Å². The van der Waals surface area contributed by atoms with Gasteiger partial charge in [-0.3, -0.25) is 9.80 Å². The standard InChI is InChI=1S/C14H29N3O/c1-15(2)7-8-16-9-11-17(12-10-16)13-5-3-4-6-14(13)18/h13-14,18H,3-12H2,1-2H3/t13-,14-/m1/s1. The smallest absolute Gasteiger partial charge is 0.0695 e. The highest BCUT2D eigenvalue weighted by Crippen LogP contribution is 2.24. The lowest BCUT2D eigenvalue weighted by Crippen LogP contribution is -2.55. The summed E-state index contributed by atoms with van der Waals surface area (Å²) in [5.74, 6) is 0. The Morgan fingerprint density at radius 3 is 2.33 bits per heavy atom. The summed E-state index contributed by atoms with van der Waals surface area (Å²) in [5, 5.41) is 10.1. The molecule has 0 bridgehead atoms. The highest BCUT2D eigenvalue weighted by atomic mass is 16.3. The second-order valence-corrected chi connectivity index (χ2v) is 6.10. The molecule has 2 rings (SSSR count). The van der Waals surface area contributed by atoms with Crippen LogP contribution in [0.5, 0.6) is 0 Å². The molecule has 1 aliphatic carbocycles. The predicted molar refractivity (Wildman–Crippen MR) is 74.8 cm³/mol. The molecule has 0 aromatic heterocycles. The van der Waals surface area contributed by atoms with Crippen molar-refractivity contribution in [2.75, 3.05) is 53.4 Å². The van der Waals surface area contributed by atoms with E-state index < -0.39 is 0 Å². The van der Waals surface area contributed by atoms with Gasteiger partial charge in [0.25, 0.3) is 0 Å². The van der Waals surface area contributed by atoms with E-state index in [4.69, 9.17) is 0 Å². The Kier molecular flexibility index (Phi) is 5.42. The minimum Gasteiger partial charge on any atom is -0.391 e. The van der Waals surface area contributed by atoms with Crippen molar-refractivity contribution in [3.8, 4) is 0 Å². The van der Waals surface area contributed by atoms with E-state index in [1.807, 2.05) is 0 Å². The van der Waals surface area contributed by atoms with Gasteiger partial charge in [0.15, 0.2) is 0 Å². The first-order valence-corrected chi connectivity index (χ1v) is 7.46. The molecule has 0 amide bonds. The molecule has 1 N–H and O–H groups in total. The summed E-state index contributed by atoms with van der Waals surface area (Å²) in [6, 6.07) is 0.440. The maximum absolute atomic E-state index is 10.1. The Hall–Kier alpha value is -0.160. The van der Waals surface area contributed by atoms with E-state index in [1.165, 1.54) is 25.8 Å². The predicted octanol–water partition coefficient (Wildman–Crippen LogP) is 0.469. The highest BCUT2D eigenvalue weighted by molar-refractivity contribution is 4.86. The Morgan fingerprint density at radius 1 is 1.06 bits per heavy atom. The quantitative estimate of drug-likeness (QED) is 0.791. The van der Waals surface area contributed by atoms with Crippen molar-refractivity contribution in [2.24, 2.45) is 0 Å². The van der Waals surface area contributed by atoms with Crippen LogP contribution in [0.1, 0.15) is 25.7 Å². The van der Waals surface area contributed by atoms with Gasteiger partial charge in [-0.05, 0) is 26.9 Å². The molecule has 4 heteroatoms. The van der Waals surface area contributed by atoms with E-state index in [0.717, 1.165) is 39.1 Å². The molecule has 0 radical (unpaired) electrons. The fourth-order valence-electron chi connectivity index (χ4n) is 3.18. The van der Waals surface area contributed by atoms with Crippen molar-refractivity contribution < 1.29 is 5.11 Å². The van der Waals surface area contributed by atoms with Gasteiger partial charge in [-0.1, -0.05) is 12.8 Å². The molecule has 1 aliphatic heterocycles. The van der Waals surface area contributed by atoms with Crippen LogP contribution in [0, 0.1) is 0 Å². The van der Waals surface area contributed by atoms with Gasteiger partial charge in [-0.2, -0.15) is 0 Å². The maximum atomic E-state index is 10.1. The molecule has 1 saturated heterocycles. The summed E-state index contributed by atoms with van der Waals surface area (Å²) in [5.41, 5.74) is 0. The van der Waals surface area contributed by atoms with Crippen LogP contribution >= 0.6 is 0 Å². The van der Waals surface area contributed by atoms with E-state index in [2.05, 4.69) is 28.8 Å². The number of nitrogens with zero attached hydrogens (tertiary/aromatic N) is 3. The Balaban J connectivity index is 1.72. The minimum atomic E-state index is -0.0768. The normalized spacial score (nSPS) is 32.0. The molecule has 106 valence electrons. The molecule has 0 spiro atoms. The summed E-state index contributed by atoms with van der Waals surface area (Å²) in [7, 11) is 4.27. The van der Waals surface area contributed by atoms with Crippen LogP contribution in [0.25, 0.3) is 0 Å². The van der Waals surface area contributed by atoms with E-state index in [9.17, 15) is 5.11 Å². The number of hydrogen-bond donors (Lipinski definition) is 1. The first kappa shape index (κ1) is 14.3. The number of likely N-dealkylation sites (N-methyl/N-ethyl adjacent to an activating group) is 1. The molecule has 18 heavy (non-hydrogen) atoms. The lowest BCUT2D eigenvalue weighted by Gasteiger charge is -2.42. The van der Waals surface area contributed by atoms with E-state index in [1.54, 1.807) is 0 Å². The van der Waals surface area contributed by atoms with Crippen molar-refractivity contribution in [3.05, 3.63) is 0 Å². The molecule has 2 fully saturated rings. The summed E-state index contributed by atoms with van der Waals surface area (Å²) in [6.07, 6.45) is 4.63. The van der Waals surface area contributed by atoms with Crippen molar-refractivity contribution >= 4 is 0 Å². The van der Waals surface area contributed by atoms with Gasteiger partial charge >= 0.3 is 0 Å². The van der Waals surface area contributed by atoms with Gasteiger partial charge in [-0.25, -0.2) is 0 Å². The molecule has 1 heterocycles. The van der Waals surface area contributed by atoms with Crippen LogP contribution in [0.15, 0.2) is 0 Å². The van der Waals surface area contributed by atoms with E-state index in [0.29, 0.717) is 6.04 Å². The fraction of sp³-hybridized carbons (Fsp3) is 1.00. The Bertz CT molecular complexity index is 239. The molecule has 2 atom stereocenters. The third-order valence-electron chi connectivity index (χ3n) is 4.43. The van der Waals surface area contributed by atoms with E-state index >= 15 is 0 Å². The lowest BCUT2D eigenvalue weighted by molar-refractivity contribution is -0.00409. The van der Waals surface area contributed by atoms with Crippen LogP contribution in [-0.4, -0.2) is 85.3 Å². The number of aliphatic hydroxyl groups is 1. The van der Waals surface area contributed by atoms with Gasteiger partial charge < -0.3 is 10.0 Å². The van der Waals surface area contributed by atoms with Gasteiger partial charge in [0, 0.05) is 45.3 Å². The minimum absolute atomic E-state index is 0.0768. The third kappa shape index (κ3) is 3.92. The first-order valence-electron chi connectivity index (χ1n) is 7.46. The zero-order valence-electron chi connectivity index (χ0n) is 12.0. The van der Waals surface area contributed by atoms with Crippen LogP contribution in [0.3, 0.4) is 0 Å². The number of rotatable bonds is 4. The Morgan fingerprint density at radius 2 is 1.72 bits per heavy atom. The zero-order chi connectivity index (χ0) is 13.0. The Labute approximate surface area is 112 Å². The molecule has 2 aliphatic rings. The van der Waals surface area contributed by atoms with E-state index in [-0.39, 0.29) is 6.10 Å². The average Bonchev–Trinajstić information content (AvgIpc) is 2.38. The molecule has 0 unspecified atom stereocenters. The molecular weight excluding hydrogens is 226 g/mol. The second-order valence-electron chi connectivity index (χ2n) is 6.10. The van der Waals surface area contributed by atoms with Crippen LogP contribution in [0.2, 0.25) is 0 Å². The van der Waals surface area contributed by atoms with Crippen LogP contribution in [-0.2, 0) is 0 Å². The van der Waals surface area contributed by atoms with Crippen molar-refractivity contribution in [2.45, 2.75) is 37.8 Å². The molecule has 4 nitrogen and oxygen atoms in total. The highest BCUT2D eigenvalue weighted by Gasteiger charge is 2.30. The van der Waals surface area contributed by atoms with Gasteiger partial charge in [0.2, 0.25) is 0 Å². The first-order chi connectivity index (χ1) is 8.66. The summed E-state index contributed by atoms with van der Waals surface area (Å²) in [6.45, 7) is 6.92. The lowest BCUT2D eigenvalue weighted by atomic mass is 9.91. The third-order valence-corrected chi connectivity index (χ3v) is 4.43. The summed E-state index contributed by atoms with van der Waals surface area (Å²) >= 11 is 0. The van der Waals surface area contributed by atoms with Crippen LogP contribution < -0.4 is 0 Å². The summed E-state index contributed by atoms with van der Waals surface area (Å²) < 4.78 is 0. The molecule has 1 saturated carbocycles. The van der Waals surface area contributed by atoms with Gasteiger partial charge in [0.1, 0.15) is 0 Å². The van der Waals surface area contributed by atoms with Gasteiger partial charge in [-0.15, -0.1) is 0 Å². The van der Waals surface area contributed by atoms with Crippen molar-refractivity contribution in [1.82, 2.24) is 14.7 Å². The molecular formula is C14H29N3O. The topological polar surface area (TPSA) is 30.0 Å². The molecule has 0 aromatic rings. The van der Waals surface area contributed by atoms with Gasteiger partial charge in [0.05, 0.1) is 6.10 Å². The monoisotopic (exact) mass is 255 g/mol. The fourth-order valence-corrected chi connectivity index (χ4v) is 3.18. The van der Waals surface area contributed by atoms with Crippen molar-refractivity contribution in [1.29, 1.82) is 0 Å². The number of aliphatic hydroxyl groups excluding tert-OH is 1. The largest absolute Gasteiger partial charge is 0.391 e. The van der Waals surface area contributed by atoms with Crippen molar-refractivity contribution in [3.63, 3.8) is 0 Å². The summed E-state index contributed by atoms with van der Waals surface area (Å²) in [4.78, 5) is 7.32. The number of hydrogen-bond acceptors (Lipinski definition) is 4. The maximum Gasteiger partial charge on any atom is 0.0695 e. The second kappa shape index (κ2) is 6.85. The zero-order valence-corrected chi connectivity index (χ0v) is 12.0.